The van der Waals surface area contributed by atoms with Crippen LogP contribution in [0, 0.1) is 5.92 Å². The molecule has 0 fully saturated rings. The van der Waals surface area contributed by atoms with Gasteiger partial charge in [0.05, 0.1) is 19.8 Å². The van der Waals surface area contributed by atoms with Gasteiger partial charge in [-0.1, -0.05) is 60.7 Å². The van der Waals surface area contributed by atoms with Crippen LogP contribution in [0.25, 0.3) is 11.6 Å². The van der Waals surface area contributed by atoms with Crippen molar-refractivity contribution >= 4 is 11.6 Å². The van der Waals surface area contributed by atoms with E-state index in [-0.39, 0.29) is 0 Å². The van der Waals surface area contributed by atoms with Gasteiger partial charge >= 0.3 is 0 Å². The minimum absolute atomic E-state index is 0.596. The van der Waals surface area contributed by atoms with E-state index in [1.165, 1.54) is 41.7 Å². The maximum absolute atomic E-state index is 5.62. The van der Waals surface area contributed by atoms with E-state index < -0.39 is 0 Å². The highest BCUT2D eigenvalue weighted by Crippen LogP contribution is 2.45. The van der Waals surface area contributed by atoms with Crippen LogP contribution in [0.4, 0.5) is 0 Å². The Balaban J connectivity index is 0.000000351. The molecule has 2 nitrogen and oxygen atoms in total. The number of hydrogen-bond acceptors (Lipinski definition) is 2. The molecular weight excluding hydrogens is 416 g/mol. The summed E-state index contributed by atoms with van der Waals surface area (Å²) in [5.74, 6) is 1.57. The Kier molecular flexibility index (Phi) is 7.46. The highest BCUT2D eigenvalue weighted by atomic mass is 16.5. The minimum Gasteiger partial charge on any atom is -0.494 e. The predicted octanol–water partition coefficient (Wildman–Crippen LogP) is 6.05. The molecule has 0 saturated heterocycles. The number of fused-ring (bicyclic) bond motifs is 3. The van der Waals surface area contributed by atoms with E-state index in [0.29, 0.717) is 5.92 Å². The molecule has 1 atom stereocenters. The molecule has 34 heavy (non-hydrogen) atoms. The number of benzene rings is 2. The van der Waals surface area contributed by atoms with Crippen molar-refractivity contribution in [1.82, 2.24) is 0 Å². The Labute approximate surface area is 204 Å². The van der Waals surface area contributed by atoms with Crippen LogP contribution in [0.15, 0.2) is 83.5 Å². The standard InChI is InChI=1S/C27H28O.C5H8O/c1-2-28-22-14-11-19(12-15-22)17-21-18-27-23-8-4-3-7-20(23)13-16-26(27)25-10-6-5-9-24(21)25;1-2-4-6-5-3-1/h3-4,7-9,11-15,21H,2,5-6,10,16-18H2,1H3;1-2H,3-5H2. The van der Waals surface area contributed by atoms with Gasteiger partial charge in [-0.25, -0.2) is 0 Å². The van der Waals surface area contributed by atoms with Gasteiger partial charge in [-0.3, -0.25) is 0 Å². The van der Waals surface area contributed by atoms with Crippen molar-refractivity contribution in [3.8, 4) is 5.75 Å². The van der Waals surface area contributed by atoms with Crippen molar-refractivity contribution in [1.29, 1.82) is 0 Å². The van der Waals surface area contributed by atoms with E-state index in [9.17, 15) is 0 Å². The van der Waals surface area contributed by atoms with Crippen molar-refractivity contribution in [2.24, 2.45) is 5.92 Å². The SMILES string of the molecule is C1=CCOCC1.CCOc1ccc(CC2CC3=c4ccccc4=CCC3=C3CCCC=C32)cc1. The summed E-state index contributed by atoms with van der Waals surface area (Å²) in [4.78, 5) is 0. The molecule has 2 aromatic carbocycles. The first kappa shape index (κ1) is 22.9. The van der Waals surface area contributed by atoms with Crippen molar-refractivity contribution in [3.63, 3.8) is 0 Å². The van der Waals surface area contributed by atoms with Crippen LogP contribution in [0.2, 0.25) is 0 Å². The lowest BCUT2D eigenvalue weighted by molar-refractivity contribution is 0.158. The van der Waals surface area contributed by atoms with Crippen LogP contribution in [0.3, 0.4) is 0 Å². The summed E-state index contributed by atoms with van der Waals surface area (Å²) in [5.41, 5.74) is 7.97. The quantitative estimate of drug-likeness (QED) is 0.526. The second-order valence-electron chi connectivity index (χ2n) is 9.50. The van der Waals surface area contributed by atoms with Crippen LogP contribution >= 0.6 is 0 Å². The number of hydrogen-bond donors (Lipinski definition) is 0. The van der Waals surface area contributed by atoms with Crippen LogP contribution in [-0.4, -0.2) is 19.8 Å². The van der Waals surface area contributed by atoms with Crippen molar-refractivity contribution < 1.29 is 9.47 Å². The Hall–Kier alpha value is -2.84. The van der Waals surface area contributed by atoms with E-state index in [1.54, 1.807) is 22.3 Å². The summed E-state index contributed by atoms with van der Waals surface area (Å²) in [6, 6.07) is 17.7. The van der Waals surface area contributed by atoms with E-state index in [1.807, 2.05) is 13.0 Å². The predicted molar refractivity (Wildman–Crippen MR) is 141 cm³/mol. The number of ether oxygens (including phenoxy) is 2. The Morgan fingerprint density at radius 2 is 1.79 bits per heavy atom. The minimum atomic E-state index is 0.596. The molecule has 4 aliphatic rings. The van der Waals surface area contributed by atoms with Gasteiger partial charge < -0.3 is 9.47 Å². The number of rotatable bonds is 4. The Morgan fingerprint density at radius 1 is 0.912 bits per heavy atom. The first-order valence-corrected chi connectivity index (χ1v) is 13.0. The van der Waals surface area contributed by atoms with E-state index >= 15 is 0 Å². The van der Waals surface area contributed by atoms with Gasteiger partial charge in [0.25, 0.3) is 0 Å². The number of allylic oxidation sites excluding steroid dienone is 4. The van der Waals surface area contributed by atoms with Crippen molar-refractivity contribution in [3.05, 3.63) is 99.5 Å². The van der Waals surface area contributed by atoms with E-state index in [4.69, 9.17) is 9.47 Å². The summed E-state index contributed by atoms with van der Waals surface area (Å²) < 4.78 is 10.6. The molecule has 0 spiro atoms. The van der Waals surface area contributed by atoms with Gasteiger partial charge in [0.15, 0.2) is 0 Å². The first-order valence-electron chi connectivity index (χ1n) is 13.0. The zero-order valence-corrected chi connectivity index (χ0v) is 20.4. The smallest absolute Gasteiger partial charge is 0.119 e. The van der Waals surface area contributed by atoms with Gasteiger partial charge in [0, 0.05) is 0 Å². The largest absolute Gasteiger partial charge is 0.494 e. The molecule has 0 aromatic heterocycles. The molecule has 0 bridgehead atoms. The lowest BCUT2D eigenvalue weighted by Crippen LogP contribution is -2.33. The first-order chi connectivity index (χ1) is 16.8. The summed E-state index contributed by atoms with van der Waals surface area (Å²) in [6.45, 7) is 4.49. The Bertz CT molecular complexity index is 1200. The molecule has 1 unspecified atom stereocenters. The molecule has 1 heterocycles. The fourth-order valence-corrected chi connectivity index (χ4v) is 5.73. The molecule has 1 aliphatic heterocycles. The topological polar surface area (TPSA) is 18.5 Å². The van der Waals surface area contributed by atoms with E-state index in [2.05, 4.69) is 66.8 Å². The van der Waals surface area contributed by atoms with Crippen LogP contribution < -0.4 is 15.2 Å². The zero-order chi connectivity index (χ0) is 23.2. The second kappa shape index (κ2) is 11.1. The van der Waals surface area contributed by atoms with Crippen LogP contribution in [0.1, 0.15) is 51.0 Å². The van der Waals surface area contributed by atoms with Gasteiger partial charge in [-0.2, -0.15) is 0 Å². The average Bonchev–Trinajstić information content (AvgIpc) is 2.91. The van der Waals surface area contributed by atoms with E-state index in [0.717, 1.165) is 44.8 Å². The molecule has 0 radical (unpaired) electrons. The zero-order valence-electron chi connectivity index (χ0n) is 20.4. The lowest BCUT2D eigenvalue weighted by Gasteiger charge is -2.36. The van der Waals surface area contributed by atoms with Gasteiger partial charge in [0.1, 0.15) is 5.75 Å². The summed E-state index contributed by atoms with van der Waals surface area (Å²) in [7, 11) is 0. The third kappa shape index (κ3) is 5.13. The monoisotopic (exact) mass is 452 g/mol. The maximum atomic E-state index is 5.62. The molecule has 2 aromatic rings. The van der Waals surface area contributed by atoms with Crippen molar-refractivity contribution in [2.45, 2.75) is 51.9 Å². The van der Waals surface area contributed by atoms with Gasteiger partial charge in [-0.05, 0) is 108 Å². The van der Waals surface area contributed by atoms with Gasteiger partial charge in [0.2, 0.25) is 0 Å². The van der Waals surface area contributed by atoms with Crippen LogP contribution in [-0.2, 0) is 11.2 Å². The molecule has 3 aliphatic carbocycles. The molecule has 0 amide bonds. The highest BCUT2D eigenvalue weighted by molar-refractivity contribution is 5.75. The molecule has 2 heteroatoms. The molecule has 0 N–H and O–H groups in total. The molecular formula is C32H36O2. The highest BCUT2D eigenvalue weighted by Gasteiger charge is 2.31. The second-order valence-corrected chi connectivity index (χ2v) is 9.50. The molecule has 0 saturated carbocycles. The third-order valence-electron chi connectivity index (χ3n) is 7.30. The maximum Gasteiger partial charge on any atom is 0.119 e. The Morgan fingerprint density at radius 3 is 2.53 bits per heavy atom. The fourth-order valence-electron chi connectivity index (χ4n) is 5.73. The van der Waals surface area contributed by atoms with Crippen LogP contribution in [0.5, 0.6) is 5.75 Å². The average molecular weight is 453 g/mol. The van der Waals surface area contributed by atoms with Gasteiger partial charge in [-0.15, -0.1) is 0 Å². The third-order valence-corrected chi connectivity index (χ3v) is 7.30. The summed E-state index contributed by atoms with van der Waals surface area (Å²) in [5, 5.41) is 2.89. The van der Waals surface area contributed by atoms with Crippen molar-refractivity contribution in [2.75, 3.05) is 19.8 Å². The fraction of sp³-hybridized carbons (Fsp3) is 0.375. The summed E-state index contributed by atoms with van der Waals surface area (Å²) in [6.07, 6.45) is 17.4. The summed E-state index contributed by atoms with van der Waals surface area (Å²) >= 11 is 0. The molecule has 176 valence electrons. The lowest BCUT2D eigenvalue weighted by atomic mass is 9.69. The normalized spacial score (nSPS) is 20.7. The molecule has 6 rings (SSSR count).